The van der Waals surface area contributed by atoms with Crippen LogP contribution in [0.4, 0.5) is 0 Å². The summed E-state index contributed by atoms with van der Waals surface area (Å²) in [5.74, 6) is -0.787. The van der Waals surface area contributed by atoms with Crippen molar-refractivity contribution >= 4 is 5.97 Å². The number of hydrogen-bond acceptors (Lipinski definition) is 2. The van der Waals surface area contributed by atoms with E-state index in [9.17, 15) is 9.90 Å². The number of nitrogens with one attached hydrogen (secondary N) is 1. The van der Waals surface area contributed by atoms with Crippen LogP contribution in [-0.4, -0.2) is 16.6 Å². The van der Waals surface area contributed by atoms with Gasteiger partial charge in [0.15, 0.2) is 0 Å². The highest BCUT2D eigenvalue weighted by molar-refractivity contribution is 5.75. The maximum atomic E-state index is 11.3. The van der Waals surface area contributed by atoms with E-state index in [2.05, 4.69) is 24.4 Å². The highest BCUT2D eigenvalue weighted by Gasteiger charge is 2.42. The third kappa shape index (κ3) is 2.91. The predicted octanol–water partition coefficient (Wildman–Crippen LogP) is 2.97. The molecule has 100 valence electrons. The molecule has 3 heteroatoms. The average Bonchev–Trinajstić information content (AvgIpc) is 2.27. The topological polar surface area (TPSA) is 49.3 Å². The first-order valence-corrected chi connectivity index (χ1v) is 6.21. The molecule has 0 atom stereocenters. The van der Waals surface area contributed by atoms with Crippen molar-refractivity contribution in [1.29, 1.82) is 0 Å². The molecule has 0 radical (unpaired) electrons. The molecule has 0 aliphatic heterocycles. The first-order valence-electron chi connectivity index (χ1n) is 6.21. The third-order valence-electron chi connectivity index (χ3n) is 4.08. The number of carboxylic acids is 1. The summed E-state index contributed by atoms with van der Waals surface area (Å²) in [6.45, 7) is 10.1. The van der Waals surface area contributed by atoms with Crippen LogP contribution >= 0.6 is 0 Å². The van der Waals surface area contributed by atoms with Crippen molar-refractivity contribution in [2.24, 2.45) is 5.41 Å². The van der Waals surface area contributed by atoms with E-state index < -0.39 is 16.9 Å². The van der Waals surface area contributed by atoms with E-state index in [1.807, 2.05) is 26.0 Å². The minimum absolute atomic E-state index is 0.485. The maximum absolute atomic E-state index is 11.3. The molecule has 0 saturated heterocycles. The number of carboxylic acid groups (broad SMARTS) is 1. The van der Waals surface area contributed by atoms with Gasteiger partial charge >= 0.3 is 5.97 Å². The Morgan fingerprint density at radius 3 is 2.28 bits per heavy atom. The van der Waals surface area contributed by atoms with Gasteiger partial charge in [-0.25, -0.2) is 0 Å². The molecule has 2 N–H and O–H groups in total. The van der Waals surface area contributed by atoms with Crippen LogP contribution in [0.1, 0.15) is 38.8 Å². The molecule has 3 nitrogen and oxygen atoms in total. The van der Waals surface area contributed by atoms with Crippen LogP contribution in [-0.2, 0) is 11.3 Å². The lowest BCUT2D eigenvalue weighted by Crippen LogP contribution is -2.54. The molecule has 0 saturated carbocycles. The van der Waals surface area contributed by atoms with Crippen molar-refractivity contribution in [2.75, 3.05) is 0 Å². The minimum Gasteiger partial charge on any atom is -0.481 e. The fraction of sp³-hybridized carbons (Fsp3) is 0.533. The average molecular weight is 249 g/mol. The van der Waals surface area contributed by atoms with E-state index in [4.69, 9.17) is 0 Å². The molecule has 1 aromatic carbocycles. The fourth-order valence-corrected chi connectivity index (χ4v) is 1.61. The lowest BCUT2D eigenvalue weighted by molar-refractivity contribution is -0.151. The van der Waals surface area contributed by atoms with Gasteiger partial charge in [-0.05, 0) is 45.7 Å². The summed E-state index contributed by atoms with van der Waals surface area (Å²) in [4.78, 5) is 11.3. The van der Waals surface area contributed by atoms with Crippen LogP contribution in [0.2, 0.25) is 0 Å². The molecular formula is C15H23NO2. The van der Waals surface area contributed by atoms with Gasteiger partial charge < -0.3 is 10.4 Å². The molecule has 0 aromatic heterocycles. The second-order valence-electron chi connectivity index (χ2n) is 5.84. The van der Waals surface area contributed by atoms with Crippen molar-refractivity contribution in [1.82, 2.24) is 5.32 Å². The number of rotatable bonds is 5. The van der Waals surface area contributed by atoms with Crippen molar-refractivity contribution in [3.05, 3.63) is 35.4 Å². The molecule has 0 aliphatic carbocycles. The normalized spacial score (nSPS) is 12.5. The SMILES string of the molecule is Cc1ccccc1CNC(C)(C)C(C)(C)C(=O)O. The molecule has 1 aromatic rings. The van der Waals surface area contributed by atoms with Crippen LogP contribution in [0.3, 0.4) is 0 Å². The summed E-state index contributed by atoms with van der Waals surface area (Å²) in [7, 11) is 0. The number of carbonyl (C=O) groups is 1. The molecule has 0 spiro atoms. The molecule has 0 fully saturated rings. The van der Waals surface area contributed by atoms with Gasteiger partial charge in [0.1, 0.15) is 0 Å². The quantitative estimate of drug-likeness (QED) is 0.843. The Morgan fingerprint density at radius 2 is 1.78 bits per heavy atom. The Balaban J connectivity index is 2.80. The minimum atomic E-state index is -0.824. The van der Waals surface area contributed by atoms with Crippen molar-refractivity contribution < 1.29 is 9.90 Å². The van der Waals surface area contributed by atoms with Gasteiger partial charge in [-0.3, -0.25) is 4.79 Å². The van der Waals surface area contributed by atoms with Gasteiger partial charge in [0.05, 0.1) is 5.41 Å². The van der Waals surface area contributed by atoms with Gasteiger partial charge in [0.2, 0.25) is 0 Å². The molecular weight excluding hydrogens is 226 g/mol. The molecule has 0 heterocycles. The molecule has 1 rings (SSSR count). The largest absolute Gasteiger partial charge is 0.481 e. The van der Waals surface area contributed by atoms with Gasteiger partial charge in [-0.2, -0.15) is 0 Å². The Hall–Kier alpha value is -1.35. The zero-order valence-electron chi connectivity index (χ0n) is 11.9. The van der Waals surface area contributed by atoms with Gasteiger partial charge in [0, 0.05) is 12.1 Å². The summed E-state index contributed by atoms with van der Waals surface area (Å²) >= 11 is 0. The molecule has 0 bridgehead atoms. The Kier molecular flexibility index (Phi) is 4.17. The van der Waals surface area contributed by atoms with E-state index in [-0.39, 0.29) is 0 Å². The van der Waals surface area contributed by atoms with E-state index in [0.717, 1.165) is 0 Å². The van der Waals surface area contributed by atoms with Crippen molar-refractivity contribution in [3.8, 4) is 0 Å². The maximum Gasteiger partial charge on any atom is 0.310 e. The summed E-state index contributed by atoms with van der Waals surface area (Å²) in [5, 5.41) is 12.6. The number of benzene rings is 1. The lowest BCUT2D eigenvalue weighted by atomic mass is 9.74. The van der Waals surface area contributed by atoms with E-state index in [1.165, 1.54) is 11.1 Å². The van der Waals surface area contributed by atoms with Crippen LogP contribution in [0, 0.1) is 12.3 Å². The second-order valence-corrected chi connectivity index (χ2v) is 5.84. The van der Waals surface area contributed by atoms with Gasteiger partial charge in [-0.1, -0.05) is 24.3 Å². The smallest absolute Gasteiger partial charge is 0.310 e. The first kappa shape index (κ1) is 14.7. The van der Waals surface area contributed by atoms with Crippen LogP contribution < -0.4 is 5.32 Å². The number of aliphatic carboxylic acids is 1. The zero-order valence-corrected chi connectivity index (χ0v) is 11.9. The Morgan fingerprint density at radius 1 is 1.22 bits per heavy atom. The predicted molar refractivity (Wildman–Crippen MR) is 73.5 cm³/mol. The second kappa shape index (κ2) is 5.11. The number of hydrogen-bond donors (Lipinski definition) is 2. The third-order valence-corrected chi connectivity index (χ3v) is 4.08. The van der Waals surface area contributed by atoms with Crippen molar-refractivity contribution in [2.45, 2.75) is 46.7 Å². The van der Waals surface area contributed by atoms with Gasteiger partial charge in [0.25, 0.3) is 0 Å². The Bertz CT molecular complexity index is 436. The van der Waals surface area contributed by atoms with E-state index >= 15 is 0 Å². The summed E-state index contributed by atoms with van der Waals surface area (Å²) in [6, 6.07) is 8.13. The first-order chi connectivity index (χ1) is 8.18. The highest BCUT2D eigenvalue weighted by atomic mass is 16.4. The Labute approximate surface area is 109 Å². The van der Waals surface area contributed by atoms with Crippen LogP contribution in [0.5, 0.6) is 0 Å². The molecule has 0 unspecified atom stereocenters. The monoisotopic (exact) mass is 249 g/mol. The zero-order chi connectivity index (χ0) is 14.0. The van der Waals surface area contributed by atoms with E-state index in [1.54, 1.807) is 13.8 Å². The standard InChI is InChI=1S/C15H23NO2/c1-11-8-6-7-9-12(11)10-16-15(4,5)14(2,3)13(17)18/h6-9,16H,10H2,1-5H3,(H,17,18). The summed E-state index contributed by atoms with van der Waals surface area (Å²) in [6.07, 6.45) is 0. The van der Waals surface area contributed by atoms with Crippen LogP contribution in [0.25, 0.3) is 0 Å². The molecule has 0 amide bonds. The highest BCUT2D eigenvalue weighted by Crippen LogP contribution is 2.31. The molecule has 18 heavy (non-hydrogen) atoms. The van der Waals surface area contributed by atoms with E-state index in [0.29, 0.717) is 6.54 Å². The van der Waals surface area contributed by atoms with Gasteiger partial charge in [-0.15, -0.1) is 0 Å². The van der Waals surface area contributed by atoms with Crippen molar-refractivity contribution in [3.63, 3.8) is 0 Å². The molecule has 0 aliphatic rings. The number of aryl methyl sites for hydroxylation is 1. The lowest BCUT2D eigenvalue weighted by Gasteiger charge is -2.39. The fourth-order valence-electron chi connectivity index (χ4n) is 1.61. The van der Waals surface area contributed by atoms with Crippen LogP contribution in [0.15, 0.2) is 24.3 Å². The summed E-state index contributed by atoms with van der Waals surface area (Å²) in [5.41, 5.74) is 1.11. The summed E-state index contributed by atoms with van der Waals surface area (Å²) < 4.78 is 0.